The van der Waals surface area contributed by atoms with Crippen LogP contribution in [0.4, 0.5) is 5.69 Å². The average Bonchev–Trinajstić information content (AvgIpc) is 3.39. The molecule has 1 fully saturated rings. The zero-order valence-corrected chi connectivity index (χ0v) is 21.8. The predicted molar refractivity (Wildman–Crippen MR) is 139 cm³/mol. The van der Waals surface area contributed by atoms with Crippen LogP contribution in [-0.2, 0) is 20.2 Å². The Labute approximate surface area is 211 Å². The Morgan fingerprint density at radius 1 is 0.943 bits per heavy atom. The van der Waals surface area contributed by atoms with E-state index in [1.54, 1.807) is 41.8 Å². The molecule has 2 heterocycles. The molecule has 0 spiro atoms. The largest absolute Gasteiger partial charge is 0.326 e. The number of carbonyl (C=O) groups excluding carboxylic acids is 2. The molecule has 1 aliphatic rings. The average molecular weight is 511 g/mol. The Hall–Kier alpha value is -2.81. The van der Waals surface area contributed by atoms with Gasteiger partial charge in [0.1, 0.15) is 4.21 Å². The number of rotatable bonds is 6. The third kappa shape index (κ3) is 5.72. The highest BCUT2D eigenvalue weighted by Gasteiger charge is 2.32. The molecule has 0 unspecified atom stereocenters. The highest BCUT2D eigenvalue weighted by Crippen LogP contribution is 2.27. The summed E-state index contributed by atoms with van der Waals surface area (Å²) in [4.78, 5) is 25.9. The molecule has 1 amide bonds. The van der Waals surface area contributed by atoms with Crippen LogP contribution in [0.3, 0.4) is 0 Å². The number of piperidine rings is 1. The van der Waals surface area contributed by atoms with Crippen molar-refractivity contribution in [1.82, 2.24) is 4.31 Å². The molecule has 0 radical (unpaired) electrons. The molecule has 3 aromatic rings. The summed E-state index contributed by atoms with van der Waals surface area (Å²) < 4.78 is 27.2. The second kappa shape index (κ2) is 10.0. The number of ketones is 1. The van der Waals surface area contributed by atoms with Crippen molar-refractivity contribution in [2.75, 3.05) is 18.4 Å². The second-order valence-corrected chi connectivity index (χ2v) is 12.9. The van der Waals surface area contributed by atoms with Crippen molar-refractivity contribution in [3.8, 4) is 0 Å². The van der Waals surface area contributed by atoms with Crippen LogP contribution in [0, 0.1) is 5.92 Å². The van der Waals surface area contributed by atoms with Crippen LogP contribution in [0.25, 0.3) is 0 Å². The fraction of sp³-hybridized carbons (Fsp3) is 0.333. The molecule has 1 saturated heterocycles. The van der Waals surface area contributed by atoms with Gasteiger partial charge in [0.15, 0.2) is 5.78 Å². The van der Waals surface area contributed by atoms with Crippen LogP contribution < -0.4 is 5.32 Å². The van der Waals surface area contributed by atoms with Crippen molar-refractivity contribution in [1.29, 1.82) is 0 Å². The Bertz CT molecular complexity index is 1300. The number of thiophene rings is 1. The number of carbonyl (C=O) groups is 2. The van der Waals surface area contributed by atoms with Crippen LogP contribution in [0.1, 0.15) is 55.1 Å². The summed E-state index contributed by atoms with van der Waals surface area (Å²) >= 11 is 1.20. The highest BCUT2D eigenvalue weighted by molar-refractivity contribution is 7.91. The molecule has 35 heavy (non-hydrogen) atoms. The lowest BCUT2D eigenvalue weighted by molar-refractivity contribution is -0.120. The summed E-state index contributed by atoms with van der Waals surface area (Å²) in [6.45, 7) is 7.00. The van der Waals surface area contributed by atoms with E-state index in [9.17, 15) is 18.0 Å². The summed E-state index contributed by atoms with van der Waals surface area (Å²) in [6, 6.07) is 17.9. The summed E-state index contributed by atoms with van der Waals surface area (Å²) in [6.07, 6.45) is 0.907. The molecule has 6 nitrogen and oxygen atoms in total. The highest BCUT2D eigenvalue weighted by atomic mass is 32.2. The van der Waals surface area contributed by atoms with Gasteiger partial charge in [0.2, 0.25) is 5.91 Å². The summed E-state index contributed by atoms with van der Waals surface area (Å²) in [7, 11) is -3.50. The lowest BCUT2D eigenvalue weighted by atomic mass is 9.86. The van der Waals surface area contributed by atoms with Gasteiger partial charge in [0, 0.05) is 35.8 Å². The van der Waals surface area contributed by atoms with Crippen LogP contribution in [0.15, 0.2) is 70.3 Å². The van der Waals surface area contributed by atoms with E-state index in [2.05, 4.69) is 26.1 Å². The molecule has 4 rings (SSSR count). The predicted octanol–water partition coefficient (Wildman–Crippen LogP) is 5.32. The van der Waals surface area contributed by atoms with E-state index in [0.717, 1.165) is 5.56 Å². The zero-order chi connectivity index (χ0) is 25.2. The Kier molecular flexibility index (Phi) is 7.26. The van der Waals surface area contributed by atoms with Gasteiger partial charge in [-0.1, -0.05) is 63.2 Å². The van der Waals surface area contributed by atoms with Crippen LogP contribution in [-0.4, -0.2) is 37.5 Å². The Morgan fingerprint density at radius 2 is 1.63 bits per heavy atom. The van der Waals surface area contributed by atoms with Gasteiger partial charge in [-0.05, 0) is 47.4 Å². The first-order valence-electron chi connectivity index (χ1n) is 11.7. The molecule has 0 saturated carbocycles. The minimum Gasteiger partial charge on any atom is -0.326 e. The third-order valence-electron chi connectivity index (χ3n) is 6.32. The summed E-state index contributed by atoms with van der Waals surface area (Å²) in [5, 5.41) is 4.65. The first-order chi connectivity index (χ1) is 16.6. The molecular formula is C27H30N2O4S2. The molecule has 1 aliphatic heterocycles. The number of anilines is 1. The number of nitrogens with one attached hydrogen (secondary N) is 1. The van der Waals surface area contributed by atoms with Gasteiger partial charge >= 0.3 is 0 Å². The van der Waals surface area contributed by atoms with E-state index in [1.807, 2.05) is 24.3 Å². The van der Waals surface area contributed by atoms with Gasteiger partial charge in [0.25, 0.3) is 10.0 Å². The molecule has 0 aliphatic carbocycles. The maximum absolute atomic E-state index is 13.0. The molecule has 0 bridgehead atoms. The van der Waals surface area contributed by atoms with Crippen molar-refractivity contribution in [2.24, 2.45) is 5.92 Å². The first kappa shape index (κ1) is 25.3. The fourth-order valence-corrected chi connectivity index (χ4v) is 6.78. The van der Waals surface area contributed by atoms with Crippen molar-refractivity contribution < 1.29 is 18.0 Å². The van der Waals surface area contributed by atoms with E-state index in [1.165, 1.54) is 15.6 Å². The molecule has 8 heteroatoms. The number of hydrogen-bond acceptors (Lipinski definition) is 5. The number of sulfonamides is 1. The maximum Gasteiger partial charge on any atom is 0.252 e. The van der Waals surface area contributed by atoms with Gasteiger partial charge in [0.05, 0.1) is 0 Å². The molecule has 1 aromatic heterocycles. The molecule has 0 atom stereocenters. The van der Waals surface area contributed by atoms with Crippen LogP contribution >= 0.6 is 11.3 Å². The lowest BCUT2D eigenvalue weighted by Crippen LogP contribution is -2.41. The van der Waals surface area contributed by atoms with E-state index in [-0.39, 0.29) is 23.0 Å². The summed E-state index contributed by atoms with van der Waals surface area (Å²) in [5.74, 6) is -0.542. The minimum absolute atomic E-state index is 0.00999. The van der Waals surface area contributed by atoms with Crippen molar-refractivity contribution in [2.45, 2.75) is 43.2 Å². The number of hydrogen-bond donors (Lipinski definition) is 1. The monoisotopic (exact) mass is 510 g/mol. The third-order valence-corrected chi connectivity index (χ3v) is 9.59. The standard InChI is InChI=1S/C27H30N2O4S2/c1-27(2,3)22-11-9-19(10-12-22)25(30)21-6-4-7-23(18-21)28-26(31)20-13-15-29(16-14-20)35(32,33)24-8-5-17-34-24/h4-12,17-18,20H,13-16H2,1-3H3,(H,28,31). The van der Waals surface area contributed by atoms with Crippen LogP contribution in [0.2, 0.25) is 0 Å². The zero-order valence-electron chi connectivity index (χ0n) is 20.2. The molecule has 184 valence electrons. The van der Waals surface area contributed by atoms with E-state index >= 15 is 0 Å². The molecular weight excluding hydrogens is 480 g/mol. The fourth-order valence-electron chi connectivity index (χ4n) is 4.17. The van der Waals surface area contributed by atoms with E-state index in [0.29, 0.717) is 47.0 Å². The van der Waals surface area contributed by atoms with Gasteiger partial charge in [-0.2, -0.15) is 4.31 Å². The normalized spacial score (nSPS) is 15.6. The van der Waals surface area contributed by atoms with E-state index < -0.39 is 10.0 Å². The Balaban J connectivity index is 1.38. The minimum atomic E-state index is -3.50. The number of amides is 1. The first-order valence-corrected chi connectivity index (χ1v) is 14.0. The quantitative estimate of drug-likeness (QED) is 0.455. The Morgan fingerprint density at radius 3 is 2.23 bits per heavy atom. The number of benzene rings is 2. The molecule has 1 N–H and O–H groups in total. The van der Waals surface area contributed by atoms with Gasteiger partial charge in [-0.15, -0.1) is 11.3 Å². The topological polar surface area (TPSA) is 83.6 Å². The lowest BCUT2D eigenvalue weighted by Gasteiger charge is -2.30. The van der Waals surface area contributed by atoms with Crippen molar-refractivity contribution in [3.05, 3.63) is 82.7 Å². The van der Waals surface area contributed by atoms with E-state index in [4.69, 9.17) is 0 Å². The maximum atomic E-state index is 13.0. The van der Waals surface area contributed by atoms with Gasteiger partial charge in [-0.3, -0.25) is 9.59 Å². The summed E-state index contributed by atoms with van der Waals surface area (Å²) in [5.41, 5.74) is 2.82. The van der Waals surface area contributed by atoms with Crippen molar-refractivity contribution >= 4 is 38.7 Å². The number of nitrogens with zero attached hydrogens (tertiary/aromatic N) is 1. The van der Waals surface area contributed by atoms with Crippen molar-refractivity contribution in [3.63, 3.8) is 0 Å². The van der Waals surface area contributed by atoms with Gasteiger partial charge in [-0.25, -0.2) is 8.42 Å². The second-order valence-electron chi connectivity index (χ2n) is 9.84. The molecule has 2 aromatic carbocycles. The smallest absolute Gasteiger partial charge is 0.252 e. The van der Waals surface area contributed by atoms with Crippen LogP contribution in [0.5, 0.6) is 0 Å². The van der Waals surface area contributed by atoms with Gasteiger partial charge < -0.3 is 5.32 Å². The SMILES string of the molecule is CC(C)(C)c1ccc(C(=O)c2cccc(NC(=O)C3CCN(S(=O)(=O)c4cccs4)CC3)c2)cc1.